The Kier molecular flexibility index (Phi) is 6.98. The van der Waals surface area contributed by atoms with Crippen LogP contribution in [0.2, 0.25) is 0 Å². The van der Waals surface area contributed by atoms with Crippen LogP contribution < -0.4 is 16.4 Å². The monoisotopic (exact) mass is 183 g/mol. The summed E-state index contributed by atoms with van der Waals surface area (Å²) in [4.78, 5) is 11.2. The molecule has 0 bridgehead atoms. The molecule has 13 heavy (non-hydrogen) atoms. The number of carbonyl (C=O) groups excluding carboxylic acids is 1. The minimum absolute atomic E-state index is 0.0741. The van der Waals surface area contributed by atoms with Gasteiger partial charge in [-0.3, -0.25) is 4.79 Å². The van der Waals surface area contributed by atoms with Crippen molar-refractivity contribution in [2.75, 3.05) is 19.6 Å². The highest BCUT2D eigenvalue weighted by Crippen LogP contribution is 1.82. The molecule has 0 aromatic heterocycles. The van der Waals surface area contributed by atoms with Crippen molar-refractivity contribution in [1.82, 2.24) is 10.6 Å². The molecule has 0 radical (unpaired) electrons. The lowest BCUT2D eigenvalue weighted by atomic mass is 10.3. The van der Waals surface area contributed by atoms with Crippen LogP contribution >= 0.6 is 0 Å². The molecule has 0 aromatic carbocycles. The summed E-state index contributed by atoms with van der Waals surface area (Å²) in [5.41, 5.74) is 5.30. The van der Waals surface area contributed by atoms with Crippen LogP contribution in [-0.2, 0) is 4.79 Å². The molecule has 74 valence electrons. The summed E-state index contributed by atoms with van der Waals surface area (Å²) in [6.07, 6.45) is 5.86. The van der Waals surface area contributed by atoms with Crippen molar-refractivity contribution in [2.45, 2.75) is 19.4 Å². The summed E-state index contributed by atoms with van der Waals surface area (Å²) in [6, 6.07) is -0.208. The molecule has 0 spiro atoms. The average molecular weight is 183 g/mol. The second kappa shape index (κ2) is 7.59. The third-order valence-electron chi connectivity index (χ3n) is 1.59. The van der Waals surface area contributed by atoms with Crippen LogP contribution in [0.5, 0.6) is 0 Å². The van der Waals surface area contributed by atoms with Crippen LogP contribution in [0.15, 0.2) is 0 Å². The third kappa shape index (κ3) is 6.14. The van der Waals surface area contributed by atoms with E-state index in [1.54, 1.807) is 6.92 Å². The Labute approximate surface area is 79.3 Å². The first-order valence-corrected chi connectivity index (χ1v) is 4.37. The smallest absolute Gasteiger partial charge is 0.237 e. The van der Waals surface area contributed by atoms with Crippen molar-refractivity contribution in [3.05, 3.63) is 0 Å². The van der Waals surface area contributed by atoms with E-state index in [4.69, 9.17) is 12.2 Å². The summed E-state index contributed by atoms with van der Waals surface area (Å²) < 4.78 is 0. The zero-order valence-corrected chi connectivity index (χ0v) is 7.97. The van der Waals surface area contributed by atoms with Gasteiger partial charge in [-0.15, -0.1) is 6.42 Å². The molecular weight excluding hydrogens is 166 g/mol. The van der Waals surface area contributed by atoms with Crippen LogP contribution in [0.1, 0.15) is 13.3 Å². The van der Waals surface area contributed by atoms with Gasteiger partial charge in [-0.05, 0) is 26.4 Å². The zero-order valence-electron chi connectivity index (χ0n) is 7.97. The molecule has 0 heterocycles. The van der Waals surface area contributed by atoms with E-state index in [0.717, 1.165) is 13.0 Å². The van der Waals surface area contributed by atoms with E-state index >= 15 is 0 Å². The van der Waals surface area contributed by atoms with Gasteiger partial charge in [-0.2, -0.15) is 0 Å². The van der Waals surface area contributed by atoms with Gasteiger partial charge in [0.15, 0.2) is 0 Å². The van der Waals surface area contributed by atoms with E-state index in [1.807, 2.05) is 0 Å². The molecule has 0 saturated heterocycles. The summed E-state index contributed by atoms with van der Waals surface area (Å²) >= 11 is 0. The predicted molar refractivity (Wildman–Crippen MR) is 53.0 cm³/mol. The predicted octanol–water partition coefficient (Wildman–Crippen LogP) is -0.937. The molecule has 0 aliphatic rings. The number of carbonyl (C=O) groups is 1. The molecule has 1 unspecified atom stereocenters. The highest BCUT2D eigenvalue weighted by atomic mass is 16.2. The highest BCUT2D eigenvalue weighted by molar-refractivity contribution is 5.81. The number of hydrogen-bond acceptors (Lipinski definition) is 3. The quantitative estimate of drug-likeness (QED) is 0.368. The fraction of sp³-hybridized carbons (Fsp3) is 0.667. The number of nitrogens with two attached hydrogens (primary N) is 1. The Balaban J connectivity index is 3.52. The molecule has 1 atom stereocenters. The van der Waals surface area contributed by atoms with Gasteiger partial charge in [0.05, 0.1) is 12.6 Å². The topological polar surface area (TPSA) is 67.2 Å². The molecule has 0 fully saturated rings. The Morgan fingerprint density at radius 1 is 1.69 bits per heavy atom. The number of terminal acetylenes is 1. The normalized spacial score (nSPS) is 11.8. The number of nitrogens with one attached hydrogen (secondary N) is 2. The van der Waals surface area contributed by atoms with E-state index in [0.29, 0.717) is 6.54 Å². The van der Waals surface area contributed by atoms with Gasteiger partial charge >= 0.3 is 0 Å². The fourth-order valence-electron chi connectivity index (χ4n) is 0.805. The molecule has 4 nitrogen and oxygen atoms in total. The van der Waals surface area contributed by atoms with Gasteiger partial charge in [0.1, 0.15) is 0 Å². The molecule has 0 saturated carbocycles. The first-order chi connectivity index (χ1) is 6.22. The van der Waals surface area contributed by atoms with Gasteiger partial charge < -0.3 is 16.4 Å². The molecule has 4 N–H and O–H groups in total. The SMILES string of the molecule is C#CCNC(=O)C(C)NCCCN. The molecule has 0 aliphatic heterocycles. The Bertz CT molecular complexity index is 186. The van der Waals surface area contributed by atoms with Crippen LogP contribution in [-0.4, -0.2) is 31.6 Å². The zero-order chi connectivity index (χ0) is 10.1. The van der Waals surface area contributed by atoms with Gasteiger partial charge in [0.2, 0.25) is 5.91 Å². The van der Waals surface area contributed by atoms with Crippen molar-refractivity contribution in [1.29, 1.82) is 0 Å². The molecule has 0 aliphatic carbocycles. The highest BCUT2D eigenvalue weighted by Gasteiger charge is 2.09. The molecular formula is C9H17N3O. The first-order valence-electron chi connectivity index (χ1n) is 4.37. The van der Waals surface area contributed by atoms with Gasteiger partial charge in [0.25, 0.3) is 0 Å². The van der Waals surface area contributed by atoms with E-state index in [9.17, 15) is 4.79 Å². The van der Waals surface area contributed by atoms with Crippen molar-refractivity contribution in [2.24, 2.45) is 5.73 Å². The second-order valence-electron chi connectivity index (χ2n) is 2.74. The van der Waals surface area contributed by atoms with E-state index < -0.39 is 0 Å². The van der Waals surface area contributed by atoms with Crippen molar-refractivity contribution < 1.29 is 4.79 Å². The van der Waals surface area contributed by atoms with Crippen LogP contribution in [0.25, 0.3) is 0 Å². The second-order valence-corrected chi connectivity index (χ2v) is 2.74. The molecule has 0 aromatic rings. The van der Waals surface area contributed by atoms with Crippen LogP contribution in [0.4, 0.5) is 0 Å². The molecule has 4 heteroatoms. The van der Waals surface area contributed by atoms with Crippen LogP contribution in [0, 0.1) is 12.3 Å². The average Bonchev–Trinajstić information content (AvgIpc) is 2.14. The van der Waals surface area contributed by atoms with Gasteiger partial charge in [-0.1, -0.05) is 5.92 Å². The number of amides is 1. The minimum atomic E-state index is -0.208. The van der Waals surface area contributed by atoms with E-state index in [-0.39, 0.29) is 18.5 Å². The maximum Gasteiger partial charge on any atom is 0.237 e. The Hall–Kier alpha value is -1.05. The third-order valence-corrected chi connectivity index (χ3v) is 1.59. The van der Waals surface area contributed by atoms with Gasteiger partial charge in [-0.25, -0.2) is 0 Å². The lowest BCUT2D eigenvalue weighted by molar-refractivity contribution is -0.122. The van der Waals surface area contributed by atoms with Crippen LogP contribution in [0.3, 0.4) is 0 Å². The Morgan fingerprint density at radius 3 is 2.92 bits per heavy atom. The standard InChI is InChI=1S/C9H17N3O/c1-3-6-12-9(13)8(2)11-7-4-5-10/h1,8,11H,4-7,10H2,2H3,(H,12,13). The molecule has 1 amide bonds. The number of rotatable bonds is 6. The fourth-order valence-corrected chi connectivity index (χ4v) is 0.805. The maximum absolute atomic E-state index is 11.2. The maximum atomic E-state index is 11.2. The first kappa shape index (κ1) is 11.9. The van der Waals surface area contributed by atoms with Gasteiger partial charge in [0, 0.05) is 0 Å². The van der Waals surface area contributed by atoms with Crippen molar-refractivity contribution in [3.63, 3.8) is 0 Å². The van der Waals surface area contributed by atoms with E-state index in [1.165, 1.54) is 0 Å². The van der Waals surface area contributed by atoms with Crippen molar-refractivity contribution >= 4 is 5.91 Å². The lowest BCUT2D eigenvalue weighted by Gasteiger charge is -2.12. The lowest BCUT2D eigenvalue weighted by Crippen LogP contribution is -2.42. The molecule has 0 rings (SSSR count). The summed E-state index contributed by atoms with van der Waals surface area (Å²) in [7, 11) is 0. The summed E-state index contributed by atoms with van der Waals surface area (Å²) in [5, 5.41) is 5.62. The minimum Gasteiger partial charge on any atom is -0.344 e. The van der Waals surface area contributed by atoms with Crippen molar-refractivity contribution in [3.8, 4) is 12.3 Å². The van der Waals surface area contributed by atoms with E-state index in [2.05, 4.69) is 16.6 Å². The number of hydrogen-bond donors (Lipinski definition) is 3. The summed E-state index contributed by atoms with van der Waals surface area (Å²) in [5.74, 6) is 2.27. The Morgan fingerprint density at radius 2 is 2.38 bits per heavy atom. The largest absolute Gasteiger partial charge is 0.344 e. The summed E-state index contributed by atoms with van der Waals surface area (Å²) in [6.45, 7) is 3.46.